The predicted molar refractivity (Wildman–Crippen MR) is 100 cm³/mol. The predicted octanol–water partition coefficient (Wildman–Crippen LogP) is 3.48. The van der Waals surface area contributed by atoms with Crippen LogP contribution in [0.15, 0.2) is 4.79 Å². The summed E-state index contributed by atoms with van der Waals surface area (Å²) in [4.78, 5) is 31.8. The Kier molecular flexibility index (Phi) is 5.27. The Morgan fingerprint density at radius 1 is 1.44 bits per heavy atom. The molecule has 5 nitrogen and oxygen atoms in total. The van der Waals surface area contributed by atoms with Crippen LogP contribution in [0.3, 0.4) is 0 Å². The summed E-state index contributed by atoms with van der Waals surface area (Å²) in [5.74, 6) is 1.34. The molecule has 0 aliphatic heterocycles. The van der Waals surface area contributed by atoms with Gasteiger partial charge in [0.25, 0.3) is 5.56 Å². The van der Waals surface area contributed by atoms with Gasteiger partial charge in [-0.1, -0.05) is 20.8 Å². The first-order chi connectivity index (χ1) is 11.9. The van der Waals surface area contributed by atoms with E-state index < -0.39 is 0 Å². The highest BCUT2D eigenvalue weighted by molar-refractivity contribution is 7.18. The van der Waals surface area contributed by atoms with Gasteiger partial charge in [-0.3, -0.25) is 14.2 Å². The number of esters is 1. The van der Waals surface area contributed by atoms with E-state index in [2.05, 4.69) is 25.8 Å². The number of aryl methyl sites for hydroxylation is 2. The molecule has 25 heavy (non-hydrogen) atoms. The van der Waals surface area contributed by atoms with E-state index in [1.165, 1.54) is 9.44 Å². The number of aromatic nitrogens is 2. The Bertz CT molecular complexity index is 850. The fraction of sp³-hybridized carbons (Fsp3) is 0.632. The number of hydrogen-bond donors (Lipinski definition) is 0. The fourth-order valence-corrected chi connectivity index (χ4v) is 4.71. The zero-order valence-corrected chi connectivity index (χ0v) is 16.2. The number of nitrogens with zero attached hydrogens (tertiary/aromatic N) is 2. The first kappa shape index (κ1) is 18.1. The van der Waals surface area contributed by atoms with Crippen LogP contribution in [0.25, 0.3) is 10.2 Å². The smallest absolute Gasteiger partial charge is 0.326 e. The second kappa shape index (κ2) is 7.28. The van der Waals surface area contributed by atoms with E-state index in [0.29, 0.717) is 29.7 Å². The Hall–Kier alpha value is -1.69. The molecule has 136 valence electrons. The normalized spacial score (nSPS) is 17.1. The standard InChI is InChI=1S/C19H26N2O3S/c1-11(2)7-8-24-16(22)10-21-13(4)20-18-17(19(21)23)14-6-5-12(3)9-15(14)25-18/h11-12H,5-10H2,1-4H3. The molecule has 2 heterocycles. The molecule has 0 N–H and O–H groups in total. The molecule has 6 heteroatoms. The lowest BCUT2D eigenvalue weighted by atomic mass is 9.89. The maximum atomic E-state index is 13.0. The summed E-state index contributed by atoms with van der Waals surface area (Å²) >= 11 is 1.64. The third-order valence-corrected chi connectivity index (χ3v) is 6.00. The van der Waals surface area contributed by atoms with Gasteiger partial charge in [-0.2, -0.15) is 0 Å². The number of thiophene rings is 1. The summed E-state index contributed by atoms with van der Waals surface area (Å²) < 4.78 is 6.73. The van der Waals surface area contributed by atoms with Crippen molar-refractivity contribution in [2.24, 2.45) is 11.8 Å². The van der Waals surface area contributed by atoms with E-state index in [-0.39, 0.29) is 18.1 Å². The SMILES string of the molecule is Cc1nc2sc3c(c2c(=O)n1CC(=O)OCCC(C)C)CCC(C)C3. The summed E-state index contributed by atoms with van der Waals surface area (Å²) in [6.07, 6.45) is 3.87. The van der Waals surface area contributed by atoms with E-state index in [0.717, 1.165) is 36.1 Å². The van der Waals surface area contributed by atoms with Crippen LogP contribution in [0.1, 0.15) is 49.9 Å². The summed E-state index contributed by atoms with van der Waals surface area (Å²) in [6, 6.07) is 0. The van der Waals surface area contributed by atoms with Crippen molar-refractivity contribution in [3.63, 3.8) is 0 Å². The van der Waals surface area contributed by atoms with Gasteiger partial charge in [0.2, 0.25) is 0 Å². The third kappa shape index (κ3) is 3.78. The lowest BCUT2D eigenvalue weighted by Gasteiger charge is -2.17. The van der Waals surface area contributed by atoms with E-state index in [1.54, 1.807) is 18.3 Å². The molecule has 3 rings (SSSR count). The van der Waals surface area contributed by atoms with Crippen LogP contribution in [0.5, 0.6) is 0 Å². The molecule has 0 fully saturated rings. The van der Waals surface area contributed by atoms with Crippen molar-refractivity contribution in [3.8, 4) is 0 Å². The Morgan fingerprint density at radius 3 is 2.92 bits per heavy atom. The highest BCUT2D eigenvalue weighted by atomic mass is 32.1. The van der Waals surface area contributed by atoms with Crippen molar-refractivity contribution >= 4 is 27.5 Å². The van der Waals surface area contributed by atoms with Gasteiger partial charge in [-0.25, -0.2) is 4.98 Å². The highest BCUT2D eigenvalue weighted by Crippen LogP contribution is 2.35. The lowest BCUT2D eigenvalue weighted by molar-refractivity contribution is -0.144. The van der Waals surface area contributed by atoms with Gasteiger partial charge in [0, 0.05) is 4.88 Å². The molecular formula is C19H26N2O3S. The van der Waals surface area contributed by atoms with Crippen LogP contribution in [-0.4, -0.2) is 22.1 Å². The number of carbonyl (C=O) groups excluding carboxylic acids is 1. The average Bonchev–Trinajstić information content (AvgIpc) is 2.88. The third-order valence-electron chi connectivity index (χ3n) is 4.85. The van der Waals surface area contributed by atoms with Crippen LogP contribution in [0, 0.1) is 18.8 Å². The Balaban J connectivity index is 1.89. The quantitative estimate of drug-likeness (QED) is 0.764. The maximum Gasteiger partial charge on any atom is 0.326 e. The van der Waals surface area contributed by atoms with Gasteiger partial charge in [0.1, 0.15) is 17.2 Å². The van der Waals surface area contributed by atoms with Crippen LogP contribution in [-0.2, 0) is 28.9 Å². The highest BCUT2D eigenvalue weighted by Gasteiger charge is 2.24. The summed E-state index contributed by atoms with van der Waals surface area (Å²) in [6.45, 7) is 8.53. The minimum atomic E-state index is -0.371. The van der Waals surface area contributed by atoms with E-state index in [9.17, 15) is 9.59 Å². The summed E-state index contributed by atoms with van der Waals surface area (Å²) in [7, 11) is 0. The molecule has 0 amide bonds. The molecule has 1 atom stereocenters. The van der Waals surface area contributed by atoms with Crippen LogP contribution < -0.4 is 5.56 Å². The molecule has 0 bridgehead atoms. The zero-order valence-electron chi connectivity index (χ0n) is 15.4. The van der Waals surface area contributed by atoms with Crippen molar-refractivity contribution in [1.29, 1.82) is 0 Å². The first-order valence-corrected chi connectivity index (χ1v) is 9.85. The van der Waals surface area contributed by atoms with Gasteiger partial charge in [-0.15, -0.1) is 11.3 Å². The van der Waals surface area contributed by atoms with Crippen LogP contribution in [0.4, 0.5) is 0 Å². The molecule has 0 saturated heterocycles. The molecule has 1 unspecified atom stereocenters. The van der Waals surface area contributed by atoms with Crippen LogP contribution >= 0.6 is 11.3 Å². The van der Waals surface area contributed by atoms with Gasteiger partial charge in [0.05, 0.1) is 12.0 Å². The molecule has 0 saturated carbocycles. The molecule has 1 aliphatic carbocycles. The van der Waals surface area contributed by atoms with Crippen molar-refractivity contribution < 1.29 is 9.53 Å². The number of fused-ring (bicyclic) bond motifs is 3. The Labute approximate surface area is 152 Å². The zero-order chi connectivity index (χ0) is 18.1. The van der Waals surface area contributed by atoms with Crippen molar-refractivity contribution in [1.82, 2.24) is 9.55 Å². The topological polar surface area (TPSA) is 61.2 Å². The van der Waals surface area contributed by atoms with Gasteiger partial charge < -0.3 is 4.74 Å². The number of rotatable bonds is 5. The van der Waals surface area contributed by atoms with Gasteiger partial charge in [0.15, 0.2) is 0 Å². The van der Waals surface area contributed by atoms with E-state index >= 15 is 0 Å². The average molecular weight is 362 g/mol. The molecule has 0 radical (unpaired) electrons. The molecule has 2 aromatic heterocycles. The summed E-state index contributed by atoms with van der Waals surface area (Å²) in [5.41, 5.74) is 1.05. The first-order valence-electron chi connectivity index (χ1n) is 9.04. The van der Waals surface area contributed by atoms with Crippen molar-refractivity contribution in [2.75, 3.05) is 6.61 Å². The Morgan fingerprint density at radius 2 is 2.20 bits per heavy atom. The number of carbonyl (C=O) groups is 1. The lowest BCUT2D eigenvalue weighted by Crippen LogP contribution is -2.29. The largest absolute Gasteiger partial charge is 0.464 e. The van der Waals surface area contributed by atoms with Gasteiger partial charge in [-0.05, 0) is 50.0 Å². The van der Waals surface area contributed by atoms with Crippen LogP contribution in [0.2, 0.25) is 0 Å². The van der Waals surface area contributed by atoms with Gasteiger partial charge >= 0.3 is 5.97 Å². The number of hydrogen-bond acceptors (Lipinski definition) is 5. The second-order valence-corrected chi connectivity index (χ2v) is 8.57. The van der Waals surface area contributed by atoms with Crippen molar-refractivity contribution in [2.45, 2.75) is 59.9 Å². The second-order valence-electron chi connectivity index (χ2n) is 7.49. The van der Waals surface area contributed by atoms with E-state index in [1.807, 2.05) is 0 Å². The maximum absolute atomic E-state index is 13.0. The molecule has 0 spiro atoms. The molecule has 0 aromatic carbocycles. The minimum Gasteiger partial charge on any atom is -0.464 e. The fourth-order valence-electron chi connectivity index (χ4n) is 3.29. The molecule has 2 aromatic rings. The number of ether oxygens (including phenoxy) is 1. The monoisotopic (exact) mass is 362 g/mol. The molecule has 1 aliphatic rings. The minimum absolute atomic E-state index is 0.0628. The van der Waals surface area contributed by atoms with E-state index in [4.69, 9.17) is 4.74 Å². The summed E-state index contributed by atoms with van der Waals surface area (Å²) in [5, 5.41) is 0.715. The van der Waals surface area contributed by atoms with Crippen molar-refractivity contribution in [3.05, 3.63) is 26.6 Å². The molecular weight excluding hydrogens is 336 g/mol.